The van der Waals surface area contributed by atoms with Gasteiger partial charge in [0.2, 0.25) is 17.7 Å². The Hall–Kier alpha value is -0.660. The van der Waals surface area contributed by atoms with Crippen molar-refractivity contribution in [3.05, 3.63) is 11.8 Å². The van der Waals surface area contributed by atoms with E-state index >= 15 is 0 Å². The Labute approximate surface area is 115 Å². The number of hydrogen-bond donors (Lipinski definition) is 1. The molecule has 1 heterocycles. The lowest BCUT2D eigenvalue weighted by atomic mass is 9.92. The van der Waals surface area contributed by atoms with Crippen LogP contribution >= 0.6 is 22.6 Å². The fourth-order valence-electron chi connectivity index (χ4n) is 1.21. The summed E-state index contributed by atoms with van der Waals surface area (Å²) in [5, 5.41) is 10.5. The summed E-state index contributed by atoms with van der Waals surface area (Å²) in [7, 11) is 0. The maximum Gasteiger partial charge on any atom is 0.233 e. The van der Waals surface area contributed by atoms with E-state index in [1.165, 1.54) is 0 Å². The van der Waals surface area contributed by atoms with Crippen LogP contribution in [0, 0.1) is 12.3 Å². The molecule has 0 aliphatic rings. The molecule has 0 radical (unpaired) electrons. The van der Waals surface area contributed by atoms with Crippen LogP contribution in [0.25, 0.3) is 0 Å². The van der Waals surface area contributed by atoms with Crippen LogP contribution in [0.2, 0.25) is 0 Å². The third-order valence-corrected chi connectivity index (χ3v) is 4.63. The second-order valence-corrected chi connectivity index (χ2v) is 6.23. The number of carbonyl (C=O) groups is 1. The molecule has 6 heteroatoms. The van der Waals surface area contributed by atoms with E-state index in [2.05, 4.69) is 38.1 Å². The van der Waals surface area contributed by atoms with Gasteiger partial charge in [-0.2, -0.15) is 0 Å². The van der Waals surface area contributed by atoms with Gasteiger partial charge in [0.25, 0.3) is 0 Å². The predicted molar refractivity (Wildman–Crippen MR) is 73.0 cm³/mol. The molecule has 0 aliphatic heterocycles. The van der Waals surface area contributed by atoms with Crippen molar-refractivity contribution in [2.75, 3.05) is 6.54 Å². The highest BCUT2D eigenvalue weighted by atomic mass is 127. The zero-order valence-corrected chi connectivity index (χ0v) is 12.7. The summed E-state index contributed by atoms with van der Waals surface area (Å²) in [6.45, 7) is 8.41. The summed E-state index contributed by atoms with van der Waals surface area (Å²) in [6.07, 6.45) is 0.570. The minimum Gasteiger partial charge on any atom is -0.426 e. The maximum atomic E-state index is 11.8. The van der Waals surface area contributed by atoms with Gasteiger partial charge in [-0.25, -0.2) is 0 Å². The molecule has 5 nitrogen and oxygen atoms in total. The number of nitrogens with zero attached hydrogens (tertiary/aromatic N) is 2. The highest BCUT2D eigenvalue weighted by molar-refractivity contribution is 14.1. The number of halogens is 1. The van der Waals surface area contributed by atoms with E-state index in [9.17, 15) is 4.79 Å². The van der Waals surface area contributed by atoms with Gasteiger partial charge in [0, 0.05) is 19.9 Å². The van der Waals surface area contributed by atoms with Gasteiger partial charge in [0.1, 0.15) is 0 Å². The minimum atomic E-state index is -0.0514. The SMILES string of the molecule is Cc1nnc(CCNC(=O)C(I)C(C)(C)C)o1. The largest absolute Gasteiger partial charge is 0.426 e. The monoisotopic (exact) mass is 351 g/mol. The highest BCUT2D eigenvalue weighted by Gasteiger charge is 2.28. The van der Waals surface area contributed by atoms with Crippen molar-refractivity contribution in [3.8, 4) is 0 Å². The zero-order chi connectivity index (χ0) is 13.1. The molecule has 0 aromatic carbocycles. The van der Waals surface area contributed by atoms with Crippen LogP contribution in [0.3, 0.4) is 0 Å². The van der Waals surface area contributed by atoms with Crippen molar-refractivity contribution in [2.45, 2.75) is 38.0 Å². The van der Waals surface area contributed by atoms with E-state index in [-0.39, 0.29) is 15.2 Å². The average molecular weight is 351 g/mol. The maximum absolute atomic E-state index is 11.8. The van der Waals surface area contributed by atoms with Crippen molar-refractivity contribution in [1.29, 1.82) is 0 Å². The van der Waals surface area contributed by atoms with Crippen LogP contribution in [0.5, 0.6) is 0 Å². The Morgan fingerprint density at radius 3 is 2.59 bits per heavy atom. The molecule has 0 bridgehead atoms. The number of alkyl halides is 1. The van der Waals surface area contributed by atoms with Gasteiger partial charge in [-0.1, -0.05) is 43.4 Å². The highest BCUT2D eigenvalue weighted by Crippen LogP contribution is 2.26. The summed E-state index contributed by atoms with van der Waals surface area (Å²) < 4.78 is 5.17. The van der Waals surface area contributed by atoms with Gasteiger partial charge in [0.15, 0.2) is 0 Å². The fraction of sp³-hybridized carbons (Fsp3) is 0.727. The first kappa shape index (κ1) is 14.4. The Morgan fingerprint density at radius 1 is 1.47 bits per heavy atom. The van der Waals surface area contributed by atoms with Crippen LogP contribution in [0.15, 0.2) is 4.42 Å². The minimum absolute atomic E-state index is 0.0360. The first-order valence-corrected chi connectivity index (χ1v) is 6.76. The predicted octanol–water partition coefficient (Wildman–Crippen LogP) is 1.89. The molecule has 1 unspecified atom stereocenters. The molecule has 1 aromatic heterocycles. The van der Waals surface area contributed by atoms with Crippen molar-refractivity contribution in [1.82, 2.24) is 15.5 Å². The van der Waals surface area contributed by atoms with Crippen LogP contribution in [-0.4, -0.2) is 26.6 Å². The summed E-state index contributed by atoms with van der Waals surface area (Å²) in [6, 6.07) is 0. The second-order valence-electron chi connectivity index (χ2n) is 4.98. The van der Waals surface area contributed by atoms with Crippen molar-refractivity contribution in [3.63, 3.8) is 0 Å². The van der Waals surface area contributed by atoms with E-state index < -0.39 is 0 Å². The van der Waals surface area contributed by atoms with Gasteiger partial charge >= 0.3 is 0 Å². The number of aromatic nitrogens is 2. The molecule has 0 aliphatic carbocycles. The zero-order valence-electron chi connectivity index (χ0n) is 10.6. The van der Waals surface area contributed by atoms with Gasteiger partial charge in [-0.05, 0) is 5.41 Å². The topological polar surface area (TPSA) is 68.0 Å². The van der Waals surface area contributed by atoms with Crippen molar-refractivity contribution in [2.24, 2.45) is 5.41 Å². The molecule has 1 atom stereocenters. The molecular formula is C11H18IN3O2. The molecule has 0 saturated carbocycles. The summed E-state index contributed by atoms with van der Waals surface area (Å²) >= 11 is 2.17. The van der Waals surface area contributed by atoms with E-state index in [4.69, 9.17) is 4.42 Å². The first-order valence-electron chi connectivity index (χ1n) is 5.51. The molecule has 0 saturated heterocycles. The Kier molecular flexibility index (Phi) is 4.91. The van der Waals surface area contributed by atoms with E-state index in [0.29, 0.717) is 24.7 Å². The summed E-state index contributed by atoms with van der Waals surface area (Å²) in [5.41, 5.74) is -0.0360. The van der Waals surface area contributed by atoms with Crippen LogP contribution in [0.1, 0.15) is 32.6 Å². The Bertz CT molecular complexity index is 384. The second kappa shape index (κ2) is 5.79. The smallest absolute Gasteiger partial charge is 0.233 e. The number of aryl methyl sites for hydroxylation is 1. The molecule has 1 N–H and O–H groups in total. The third-order valence-electron chi connectivity index (χ3n) is 2.20. The lowest BCUT2D eigenvalue weighted by Crippen LogP contribution is -2.39. The normalized spacial score (nSPS) is 13.5. The first-order chi connectivity index (χ1) is 7.80. The molecule has 96 valence electrons. The summed E-state index contributed by atoms with van der Waals surface area (Å²) in [4.78, 5) is 11.8. The van der Waals surface area contributed by atoms with Gasteiger partial charge in [0.05, 0.1) is 3.92 Å². The standard InChI is InChI=1S/C11H18IN3O2/c1-7-14-15-8(17-7)5-6-13-10(16)9(12)11(2,3)4/h9H,5-6H2,1-4H3,(H,13,16). The van der Waals surface area contributed by atoms with Gasteiger partial charge in [-0.15, -0.1) is 10.2 Å². The average Bonchev–Trinajstić information content (AvgIpc) is 2.61. The quantitative estimate of drug-likeness (QED) is 0.665. The molecule has 0 spiro atoms. The van der Waals surface area contributed by atoms with Crippen LogP contribution < -0.4 is 5.32 Å². The van der Waals surface area contributed by atoms with Crippen molar-refractivity contribution < 1.29 is 9.21 Å². The fourth-order valence-corrected chi connectivity index (χ4v) is 1.43. The van der Waals surface area contributed by atoms with E-state index in [1.54, 1.807) is 6.92 Å². The molecule has 1 rings (SSSR count). The molecule has 0 fully saturated rings. The number of hydrogen-bond acceptors (Lipinski definition) is 4. The van der Waals surface area contributed by atoms with Crippen molar-refractivity contribution >= 4 is 28.5 Å². The summed E-state index contributed by atoms with van der Waals surface area (Å²) in [5.74, 6) is 1.16. The van der Waals surface area contributed by atoms with E-state index in [0.717, 1.165) is 0 Å². The molecular weight excluding hydrogens is 333 g/mol. The third kappa shape index (κ3) is 4.61. The molecule has 1 aromatic rings. The lowest BCUT2D eigenvalue weighted by Gasteiger charge is -2.24. The lowest BCUT2D eigenvalue weighted by molar-refractivity contribution is -0.121. The number of carbonyl (C=O) groups excluding carboxylic acids is 1. The van der Waals surface area contributed by atoms with Gasteiger partial charge in [-0.3, -0.25) is 4.79 Å². The Balaban J connectivity index is 2.34. The number of amides is 1. The van der Waals surface area contributed by atoms with Crippen LogP contribution in [-0.2, 0) is 11.2 Å². The van der Waals surface area contributed by atoms with Crippen LogP contribution in [0.4, 0.5) is 0 Å². The molecule has 17 heavy (non-hydrogen) atoms. The van der Waals surface area contributed by atoms with E-state index in [1.807, 2.05) is 20.8 Å². The number of rotatable bonds is 4. The molecule has 1 amide bonds. The number of nitrogens with one attached hydrogen (secondary N) is 1. The van der Waals surface area contributed by atoms with Gasteiger partial charge < -0.3 is 9.73 Å². The Morgan fingerprint density at radius 2 is 2.12 bits per heavy atom.